The maximum atomic E-state index is 12.8. The Hall–Kier alpha value is -11.6. The summed E-state index contributed by atoms with van der Waals surface area (Å²) in [5.74, 6) is 0. The van der Waals surface area contributed by atoms with Crippen molar-refractivity contribution in [2.45, 2.75) is 136 Å². The topological polar surface area (TPSA) is 37.3 Å². The summed E-state index contributed by atoms with van der Waals surface area (Å²) >= 11 is 3.53. The zero-order chi connectivity index (χ0) is 82.6. The van der Waals surface area contributed by atoms with Crippen LogP contribution in [0.5, 0.6) is 0 Å². The van der Waals surface area contributed by atoms with Gasteiger partial charge in [0.2, 0.25) is 0 Å². The summed E-state index contributed by atoms with van der Waals surface area (Å²) in [6, 6.07) is 131. The highest BCUT2D eigenvalue weighted by molar-refractivity contribution is 9.10. The van der Waals surface area contributed by atoms with Crippen molar-refractivity contribution in [3.8, 4) is 77.9 Å². The Morgan fingerprint density at radius 2 is 0.368 bits per heavy atom. The number of hydrogen-bond acceptors (Lipinski definition) is 2. The Kier molecular flexibility index (Phi) is 36.0. The minimum atomic E-state index is -1.31. The zero-order valence-corrected chi connectivity index (χ0v) is 72.1. The minimum absolute atomic E-state index is 0. The van der Waals surface area contributed by atoms with Crippen LogP contribution in [0.15, 0.2) is 385 Å². The lowest BCUT2D eigenvalue weighted by molar-refractivity contribution is 0.128. The lowest BCUT2D eigenvalue weighted by Gasteiger charge is -2.35. The van der Waals surface area contributed by atoms with Crippen LogP contribution in [0.2, 0.25) is 0 Å². The molecule has 0 fully saturated rings. The Morgan fingerprint density at radius 1 is 0.193 bits per heavy atom. The molecule has 0 saturated carbocycles. The average Bonchev–Trinajstić information content (AvgIpc) is 1.52. The van der Waals surface area contributed by atoms with Crippen LogP contribution in [0.1, 0.15) is 165 Å². The Bertz CT molecular complexity index is 5420. The van der Waals surface area contributed by atoms with Crippen LogP contribution in [-0.2, 0) is 11.0 Å². The van der Waals surface area contributed by atoms with Crippen LogP contribution in [0.4, 0.5) is 0 Å². The molecule has 3 aliphatic rings. The van der Waals surface area contributed by atoms with Gasteiger partial charge in [0.15, 0.2) is 5.43 Å². The molecule has 3 aliphatic carbocycles. The first-order chi connectivity index (χ1) is 56.4. The highest BCUT2D eigenvalue weighted by Crippen LogP contribution is 2.61. The number of fused-ring (bicyclic) bond motifs is 22. The molecule has 2 nitrogen and oxygen atoms in total. The van der Waals surface area contributed by atoms with Gasteiger partial charge in [0.25, 0.3) is 0 Å². The summed E-state index contributed by atoms with van der Waals surface area (Å²) in [6.45, 7) is 36.0. The molecule has 0 aromatic heterocycles. The smallest absolute Gasteiger partial charge is 0.376 e. The molecule has 0 heterocycles. The van der Waals surface area contributed by atoms with Gasteiger partial charge in [-0.15, -0.1) is 0 Å². The summed E-state index contributed by atoms with van der Waals surface area (Å²) in [4.78, 5) is 12.8. The van der Waals surface area contributed by atoms with E-state index in [1.807, 2.05) is 246 Å². The summed E-state index contributed by atoms with van der Waals surface area (Å²) in [5.41, 5.74) is 23.6. The lowest BCUT2D eigenvalue weighted by atomic mass is 9.66. The molecule has 1 spiro atoms. The summed E-state index contributed by atoms with van der Waals surface area (Å²) in [5, 5.41) is 18.7. The van der Waals surface area contributed by atoms with E-state index in [9.17, 15) is 9.90 Å². The molecule has 19 rings (SSSR count). The highest BCUT2D eigenvalue weighted by Gasteiger charge is 2.49. The number of hydrogen-bond donors (Lipinski definition) is 1. The van der Waals surface area contributed by atoms with Gasteiger partial charge in [-0.1, -0.05) is 511 Å². The van der Waals surface area contributed by atoms with Crippen molar-refractivity contribution in [2.24, 2.45) is 0 Å². The molecular formula is C111H118BrO2+. The second-order valence-electron chi connectivity index (χ2n) is 24.5. The van der Waals surface area contributed by atoms with Crippen LogP contribution in [-0.4, -0.2) is 5.11 Å². The van der Waals surface area contributed by atoms with Gasteiger partial charge in [-0.3, -0.25) is 4.79 Å². The van der Waals surface area contributed by atoms with E-state index >= 15 is 0 Å². The third-order valence-corrected chi connectivity index (χ3v) is 20.2. The first-order valence-electron chi connectivity index (χ1n) is 41.7. The van der Waals surface area contributed by atoms with Gasteiger partial charge in [-0.05, 0) is 128 Å². The van der Waals surface area contributed by atoms with Crippen molar-refractivity contribution in [3.05, 3.63) is 430 Å². The van der Waals surface area contributed by atoms with E-state index in [4.69, 9.17) is 0 Å². The van der Waals surface area contributed by atoms with Gasteiger partial charge in [0, 0.05) is 31.9 Å². The van der Waals surface area contributed by atoms with Gasteiger partial charge < -0.3 is 5.11 Å². The van der Waals surface area contributed by atoms with Crippen molar-refractivity contribution < 1.29 is 6.53 Å². The molecule has 16 aromatic carbocycles. The van der Waals surface area contributed by atoms with Crippen molar-refractivity contribution in [3.63, 3.8) is 0 Å². The van der Waals surface area contributed by atoms with Crippen LogP contribution in [0.25, 0.3) is 110 Å². The maximum absolute atomic E-state index is 12.8. The van der Waals surface area contributed by atoms with E-state index in [2.05, 4.69) is 271 Å². The average molecular weight is 1560 g/mol. The molecule has 0 amide bonds. The fourth-order valence-corrected chi connectivity index (χ4v) is 15.9. The van der Waals surface area contributed by atoms with Gasteiger partial charge in [-0.25, -0.2) is 0 Å². The molecule has 16 aromatic rings. The first-order valence-corrected chi connectivity index (χ1v) is 42.5. The maximum Gasteiger partial charge on any atom is 1.00 e. The predicted octanol–water partition coefficient (Wildman–Crippen LogP) is 33.0. The van der Waals surface area contributed by atoms with Crippen molar-refractivity contribution in [2.75, 3.05) is 0 Å². The van der Waals surface area contributed by atoms with Crippen LogP contribution < -0.4 is 5.43 Å². The molecule has 0 saturated heterocycles. The van der Waals surface area contributed by atoms with Gasteiger partial charge in [-0.2, -0.15) is 0 Å². The normalized spacial score (nSPS) is 11.2. The second-order valence-corrected chi connectivity index (χ2v) is 25.4. The Labute approximate surface area is 693 Å². The molecule has 0 unspecified atom stereocenters. The number of rotatable bonds is 3. The van der Waals surface area contributed by atoms with Crippen LogP contribution >= 0.6 is 15.9 Å². The molecule has 580 valence electrons. The van der Waals surface area contributed by atoms with E-state index in [0.29, 0.717) is 0 Å². The van der Waals surface area contributed by atoms with E-state index in [1.54, 1.807) is 0 Å². The monoisotopic (exact) mass is 1560 g/mol. The van der Waals surface area contributed by atoms with Gasteiger partial charge >= 0.3 is 1.43 Å². The fraction of sp³-hybridized carbons (Fsp3) is 0.180. The number of aliphatic hydroxyl groups is 1. The van der Waals surface area contributed by atoms with E-state index in [-0.39, 0.29) is 12.3 Å². The lowest BCUT2D eigenvalue weighted by Crippen LogP contribution is -2.30. The largest absolute Gasteiger partial charge is 1.00 e. The van der Waals surface area contributed by atoms with Crippen molar-refractivity contribution >= 4 is 48.2 Å². The van der Waals surface area contributed by atoms with Crippen molar-refractivity contribution in [1.29, 1.82) is 0 Å². The predicted molar refractivity (Wildman–Crippen MR) is 508 cm³/mol. The van der Waals surface area contributed by atoms with Crippen LogP contribution in [0, 0.1) is 0 Å². The number of benzene rings is 15. The standard InChI is InChI=1S/C31H22O.C31H20.C19H12O.C12H9Br.9C2H6/c32-31(28-19-9-6-14-23(28)22-12-2-1-3-13-22)29-20-10-7-17-26(29)24-15-4-5-16-25(24)27-18-8-11-21-30(27)31;1-2-12-22-21(11-1)23-13-3-7-17-27(23)31(28-18-8-4-14-24(22)28)29-19-9-5-15-25(29)26-16-6-10-20-30(26)31;20-19-17-11-5-3-9-15(17)13-7-1-2-8-14(13)16-10-4-6-12-18(16)19;13-12-9-5-4-8-11(12)10-6-2-1-3-7-10;9*1-2/h1-21,32H;1-20H;1-12H;1-9H;9*1-2H3/p+1. The molecule has 0 bridgehead atoms. The fourth-order valence-electron chi connectivity index (χ4n) is 15.4. The second kappa shape index (κ2) is 45.8. The summed E-state index contributed by atoms with van der Waals surface area (Å²) < 4.78 is 1.14. The summed E-state index contributed by atoms with van der Waals surface area (Å²) in [6.07, 6.45) is 0. The van der Waals surface area contributed by atoms with E-state index in [1.165, 1.54) is 66.8 Å². The highest BCUT2D eigenvalue weighted by atomic mass is 79.9. The zero-order valence-electron chi connectivity index (χ0n) is 71.5. The number of halogens is 1. The molecule has 0 radical (unpaired) electrons. The van der Waals surface area contributed by atoms with Crippen molar-refractivity contribution in [1.82, 2.24) is 0 Å². The molecule has 1 N–H and O–H groups in total. The molecule has 3 heteroatoms. The first kappa shape index (κ1) is 89.6. The minimum Gasteiger partial charge on any atom is -0.376 e. The summed E-state index contributed by atoms with van der Waals surface area (Å²) in [7, 11) is 0. The molecule has 0 atom stereocenters. The van der Waals surface area contributed by atoms with Crippen LogP contribution in [0.3, 0.4) is 0 Å². The van der Waals surface area contributed by atoms with E-state index < -0.39 is 5.60 Å². The Balaban J connectivity index is 0.000000231. The quantitative estimate of drug-likeness (QED) is 0.191. The third kappa shape index (κ3) is 18.2. The molecule has 114 heavy (non-hydrogen) atoms. The Morgan fingerprint density at radius 3 is 0.658 bits per heavy atom. The third-order valence-electron chi connectivity index (χ3n) is 19.5. The van der Waals surface area contributed by atoms with Gasteiger partial charge in [0.05, 0.1) is 5.41 Å². The molecular weight excluding hydrogens is 1450 g/mol. The SMILES string of the molecule is Brc1ccccc1-c1ccccc1.CC.CC.CC.CC.CC.CC.CC.CC.CC.O=c1c2ccccc2c2ccccc2c2ccccc12.OC1(c2ccccc2-c2ccccc2)c2ccccc2-c2ccccc2-c2ccccc21.[H+].c1ccc2c(c1)-c1ccccc1C1(c3ccccc3-2)c2ccccc2-c2ccccc21. The van der Waals surface area contributed by atoms with Gasteiger partial charge in [0.1, 0.15) is 5.60 Å². The van der Waals surface area contributed by atoms with E-state index in [0.717, 1.165) is 86.9 Å². The molecule has 0 aliphatic heterocycles.